The summed E-state index contributed by atoms with van der Waals surface area (Å²) in [5.74, 6) is -1.67. The van der Waals surface area contributed by atoms with E-state index in [1.807, 2.05) is 0 Å². The van der Waals surface area contributed by atoms with Crippen LogP contribution in [0.5, 0.6) is 0 Å². The van der Waals surface area contributed by atoms with Crippen molar-refractivity contribution in [3.8, 4) is 0 Å². The predicted molar refractivity (Wildman–Crippen MR) is 50.5 cm³/mol. The minimum absolute atomic E-state index is 0. The van der Waals surface area contributed by atoms with Crippen molar-refractivity contribution in [2.45, 2.75) is 13.8 Å². The standard InChI is InChI=1S/C10H14O5.Li/c1-7(2)10(13)15-5-4-14-9(12)6-8(3)11;/h6,11H,1,4-5H2,2-3H3;/q;+1/p-1/b8-6+;. The van der Waals surface area contributed by atoms with E-state index in [0.717, 1.165) is 6.08 Å². The summed E-state index contributed by atoms with van der Waals surface area (Å²) in [7, 11) is 0. The van der Waals surface area contributed by atoms with Crippen LogP contribution in [0.25, 0.3) is 0 Å². The Morgan fingerprint density at radius 1 is 1.25 bits per heavy atom. The molecule has 0 bridgehead atoms. The largest absolute Gasteiger partial charge is 1.00 e. The van der Waals surface area contributed by atoms with Gasteiger partial charge in [-0.25, -0.2) is 9.59 Å². The van der Waals surface area contributed by atoms with Crippen LogP contribution in [0.3, 0.4) is 0 Å². The second-order valence-corrected chi connectivity index (χ2v) is 2.84. The molecule has 0 saturated heterocycles. The van der Waals surface area contributed by atoms with Gasteiger partial charge >= 0.3 is 30.8 Å². The van der Waals surface area contributed by atoms with Crippen LogP contribution in [0.4, 0.5) is 0 Å². The summed E-state index contributed by atoms with van der Waals surface area (Å²) in [6.45, 7) is 5.99. The average molecular weight is 220 g/mol. The molecule has 6 heteroatoms. The van der Waals surface area contributed by atoms with E-state index in [0.29, 0.717) is 0 Å². The number of carbonyl (C=O) groups is 2. The Hall–Kier alpha value is -1.18. The first-order valence-corrected chi connectivity index (χ1v) is 4.28. The normalized spacial score (nSPS) is 10.0. The number of hydrogen-bond acceptors (Lipinski definition) is 5. The van der Waals surface area contributed by atoms with Gasteiger partial charge in [0.25, 0.3) is 0 Å². The maximum Gasteiger partial charge on any atom is 1.00 e. The van der Waals surface area contributed by atoms with Crippen LogP contribution >= 0.6 is 0 Å². The molecule has 84 valence electrons. The Morgan fingerprint density at radius 3 is 2.19 bits per heavy atom. The Kier molecular flexibility index (Phi) is 9.76. The van der Waals surface area contributed by atoms with E-state index >= 15 is 0 Å². The number of rotatable bonds is 5. The van der Waals surface area contributed by atoms with Gasteiger partial charge in [0.15, 0.2) is 0 Å². The van der Waals surface area contributed by atoms with Crippen LogP contribution in [0.2, 0.25) is 0 Å². The second-order valence-electron chi connectivity index (χ2n) is 2.84. The molecule has 0 aromatic carbocycles. The molecule has 0 fully saturated rings. The second kappa shape index (κ2) is 9.07. The first kappa shape index (κ1) is 17.2. The third-order valence-corrected chi connectivity index (χ3v) is 1.23. The third-order valence-electron chi connectivity index (χ3n) is 1.23. The van der Waals surface area contributed by atoms with E-state index in [2.05, 4.69) is 16.1 Å². The average Bonchev–Trinajstić information content (AvgIpc) is 2.10. The fourth-order valence-electron chi connectivity index (χ4n) is 0.607. The summed E-state index contributed by atoms with van der Waals surface area (Å²) in [6.07, 6.45) is 0.820. The zero-order valence-corrected chi connectivity index (χ0v) is 9.74. The van der Waals surface area contributed by atoms with E-state index in [1.54, 1.807) is 0 Å². The molecule has 0 saturated carbocycles. The van der Waals surface area contributed by atoms with E-state index in [4.69, 9.17) is 0 Å². The fraction of sp³-hybridized carbons (Fsp3) is 0.400. The van der Waals surface area contributed by atoms with Crippen LogP contribution < -0.4 is 24.0 Å². The first-order chi connectivity index (χ1) is 6.93. The molecule has 0 aliphatic heterocycles. The van der Waals surface area contributed by atoms with Gasteiger partial charge in [0, 0.05) is 11.6 Å². The van der Waals surface area contributed by atoms with Crippen molar-refractivity contribution in [2.24, 2.45) is 0 Å². The predicted octanol–water partition coefficient (Wildman–Crippen LogP) is -3.08. The zero-order valence-electron chi connectivity index (χ0n) is 9.74. The van der Waals surface area contributed by atoms with Gasteiger partial charge in [0.1, 0.15) is 13.2 Å². The van der Waals surface area contributed by atoms with Crippen LogP contribution in [0, 0.1) is 0 Å². The van der Waals surface area contributed by atoms with Crippen LogP contribution in [-0.4, -0.2) is 25.2 Å². The SMILES string of the molecule is C=C(C)C(=O)OCCOC(=O)/C=C(\C)[O-].[Li+]. The summed E-state index contributed by atoms with van der Waals surface area (Å²) in [5, 5.41) is 10.4. The molecule has 0 radical (unpaired) electrons. The molecule has 0 aliphatic carbocycles. The quantitative estimate of drug-likeness (QED) is 0.161. The van der Waals surface area contributed by atoms with Gasteiger partial charge in [-0.1, -0.05) is 13.5 Å². The van der Waals surface area contributed by atoms with Gasteiger partial charge in [-0.3, -0.25) is 0 Å². The Balaban J connectivity index is 0. The fourth-order valence-corrected chi connectivity index (χ4v) is 0.607. The van der Waals surface area contributed by atoms with Gasteiger partial charge in [0.2, 0.25) is 0 Å². The van der Waals surface area contributed by atoms with E-state index in [9.17, 15) is 14.7 Å². The summed E-state index contributed by atoms with van der Waals surface area (Å²) in [5.41, 5.74) is 0.275. The van der Waals surface area contributed by atoms with Crippen molar-refractivity contribution in [2.75, 3.05) is 13.2 Å². The topological polar surface area (TPSA) is 75.7 Å². The zero-order chi connectivity index (χ0) is 11.8. The minimum Gasteiger partial charge on any atom is -0.875 e. The maximum atomic E-state index is 10.8. The van der Waals surface area contributed by atoms with Crippen molar-refractivity contribution >= 4 is 11.9 Å². The molecular weight excluding hydrogens is 207 g/mol. The molecule has 0 aliphatic rings. The van der Waals surface area contributed by atoms with Gasteiger partial charge < -0.3 is 14.6 Å². The van der Waals surface area contributed by atoms with Crippen molar-refractivity contribution in [1.29, 1.82) is 0 Å². The molecule has 0 atom stereocenters. The van der Waals surface area contributed by atoms with Crippen molar-refractivity contribution in [3.63, 3.8) is 0 Å². The minimum atomic E-state index is -0.742. The summed E-state index contributed by atoms with van der Waals surface area (Å²) in [6, 6.07) is 0. The third kappa shape index (κ3) is 9.38. The van der Waals surface area contributed by atoms with Crippen molar-refractivity contribution < 1.29 is 43.0 Å². The van der Waals surface area contributed by atoms with Gasteiger partial charge in [-0.15, -0.1) is 5.76 Å². The molecule has 0 aromatic rings. The van der Waals surface area contributed by atoms with E-state index in [-0.39, 0.29) is 43.4 Å². The van der Waals surface area contributed by atoms with Crippen LogP contribution in [0.1, 0.15) is 13.8 Å². The summed E-state index contributed by atoms with van der Waals surface area (Å²) >= 11 is 0. The number of allylic oxidation sites excluding steroid dienone is 1. The Morgan fingerprint density at radius 2 is 1.75 bits per heavy atom. The summed E-state index contributed by atoms with van der Waals surface area (Å²) in [4.78, 5) is 21.6. The van der Waals surface area contributed by atoms with Crippen LogP contribution in [-0.2, 0) is 19.1 Å². The Bertz CT molecular complexity index is 292. The Labute approximate surface area is 106 Å². The van der Waals surface area contributed by atoms with E-state index < -0.39 is 11.9 Å². The molecule has 0 spiro atoms. The van der Waals surface area contributed by atoms with Gasteiger partial charge in [0.05, 0.1) is 0 Å². The number of esters is 2. The smallest absolute Gasteiger partial charge is 0.875 e. The van der Waals surface area contributed by atoms with Gasteiger partial charge in [-0.2, -0.15) is 0 Å². The maximum absolute atomic E-state index is 10.8. The number of hydrogen-bond donors (Lipinski definition) is 0. The molecule has 0 unspecified atom stereocenters. The molecular formula is C10H13LiO5. The van der Waals surface area contributed by atoms with Crippen LogP contribution in [0.15, 0.2) is 24.0 Å². The molecule has 16 heavy (non-hydrogen) atoms. The van der Waals surface area contributed by atoms with Gasteiger partial charge in [-0.05, 0) is 6.92 Å². The summed E-state index contributed by atoms with van der Waals surface area (Å²) < 4.78 is 9.21. The molecule has 5 nitrogen and oxygen atoms in total. The van der Waals surface area contributed by atoms with E-state index in [1.165, 1.54) is 13.8 Å². The molecule has 0 rings (SSSR count). The molecule has 0 N–H and O–H groups in total. The molecule has 0 amide bonds. The first-order valence-electron chi connectivity index (χ1n) is 4.28. The molecule has 0 aromatic heterocycles. The number of carbonyl (C=O) groups excluding carboxylic acids is 2. The monoisotopic (exact) mass is 220 g/mol. The number of ether oxygens (including phenoxy) is 2. The van der Waals surface area contributed by atoms with Crippen molar-refractivity contribution in [1.82, 2.24) is 0 Å². The van der Waals surface area contributed by atoms with Crippen molar-refractivity contribution in [3.05, 3.63) is 24.0 Å². The molecule has 0 heterocycles.